The van der Waals surface area contributed by atoms with Gasteiger partial charge in [-0.3, -0.25) is 9.88 Å². The van der Waals surface area contributed by atoms with Gasteiger partial charge in [0.05, 0.1) is 0 Å². The second-order valence-corrected chi connectivity index (χ2v) is 7.96. The van der Waals surface area contributed by atoms with Crippen LogP contribution in [0.1, 0.15) is 0 Å². The zero-order valence-electron chi connectivity index (χ0n) is 17.5. The largest absolute Gasteiger partial charge is 0.456 e. The number of aromatic nitrogens is 2. The molecule has 7 rings (SSSR count). The van der Waals surface area contributed by atoms with Crippen molar-refractivity contribution in [1.29, 1.82) is 0 Å². The molecule has 0 fully saturated rings. The predicted octanol–water partition coefficient (Wildman–Crippen LogP) is 7.75. The maximum atomic E-state index is 6.14. The molecule has 0 amide bonds. The molecular formula is C28H17N3O2. The molecule has 0 aliphatic heterocycles. The second kappa shape index (κ2) is 6.93. The SMILES string of the molecule is c1ccc(N(c2ccc3oc4ccncc4c3c2)c2cc3oc4ccccc4c3cn2)cc1. The maximum absolute atomic E-state index is 6.14. The van der Waals surface area contributed by atoms with Crippen molar-refractivity contribution >= 4 is 61.1 Å². The van der Waals surface area contributed by atoms with E-state index in [2.05, 4.69) is 40.2 Å². The van der Waals surface area contributed by atoms with Crippen LogP contribution in [-0.4, -0.2) is 9.97 Å². The number of para-hydroxylation sites is 2. The van der Waals surface area contributed by atoms with Crippen molar-refractivity contribution in [2.24, 2.45) is 0 Å². The summed E-state index contributed by atoms with van der Waals surface area (Å²) in [5, 5.41) is 4.07. The van der Waals surface area contributed by atoms with Gasteiger partial charge in [0.15, 0.2) is 0 Å². The lowest BCUT2D eigenvalue weighted by Gasteiger charge is -2.24. The molecule has 7 aromatic rings. The van der Waals surface area contributed by atoms with Gasteiger partial charge in [-0.15, -0.1) is 0 Å². The summed E-state index contributed by atoms with van der Waals surface area (Å²) in [5.41, 5.74) is 5.30. The van der Waals surface area contributed by atoms with Crippen LogP contribution in [-0.2, 0) is 0 Å². The van der Waals surface area contributed by atoms with E-state index in [0.717, 1.165) is 61.1 Å². The van der Waals surface area contributed by atoms with E-state index < -0.39 is 0 Å². The van der Waals surface area contributed by atoms with Gasteiger partial charge in [-0.05, 0) is 42.5 Å². The zero-order valence-corrected chi connectivity index (χ0v) is 17.5. The van der Waals surface area contributed by atoms with Gasteiger partial charge in [-0.25, -0.2) is 4.98 Å². The lowest BCUT2D eigenvalue weighted by molar-refractivity contribution is 0.668. The van der Waals surface area contributed by atoms with E-state index in [4.69, 9.17) is 13.8 Å². The summed E-state index contributed by atoms with van der Waals surface area (Å²) in [6.45, 7) is 0. The van der Waals surface area contributed by atoms with Crippen molar-refractivity contribution in [2.75, 3.05) is 4.90 Å². The topological polar surface area (TPSA) is 55.3 Å². The Labute approximate surface area is 188 Å². The molecule has 0 bridgehead atoms. The van der Waals surface area contributed by atoms with Gasteiger partial charge in [0.25, 0.3) is 0 Å². The first-order valence-corrected chi connectivity index (χ1v) is 10.7. The number of hydrogen-bond acceptors (Lipinski definition) is 5. The fraction of sp³-hybridized carbons (Fsp3) is 0. The van der Waals surface area contributed by atoms with Crippen LogP contribution in [0.4, 0.5) is 17.2 Å². The smallest absolute Gasteiger partial charge is 0.141 e. The first-order chi connectivity index (χ1) is 16.3. The molecule has 4 heterocycles. The molecule has 33 heavy (non-hydrogen) atoms. The Morgan fingerprint density at radius 3 is 2.24 bits per heavy atom. The molecule has 0 spiro atoms. The highest BCUT2D eigenvalue weighted by atomic mass is 16.3. The Morgan fingerprint density at radius 1 is 0.545 bits per heavy atom. The number of fused-ring (bicyclic) bond motifs is 6. The minimum Gasteiger partial charge on any atom is -0.456 e. The van der Waals surface area contributed by atoms with Gasteiger partial charge >= 0.3 is 0 Å². The Morgan fingerprint density at radius 2 is 1.30 bits per heavy atom. The van der Waals surface area contributed by atoms with Crippen LogP contribution in [0.25, 0.3) is 43.9 Å². The van der Waals surface area contributed by atoms with E-state index in [0.29, 0.717) is 0 Å². The molecule has 0 unspecified atom stereocenters. The van der Waals surface area contributed by atoms with Crippen molar-refractivity contribution < 1.29 is 8.83 Å². The van der Waals surface area contributed by atoms with Crippen molar-refractivity contribution in [1.82, 2.24) is 9.97 Å². The first kappa shape index (κ1) is 18.0. The van der Waals surface area contributed by atoms with E-state index in [1.807, 2.05) is 67.0 Å². The van der Waals surface area contributed by atoms with Crippen LogP contribution in [0.2, 0.25) is 0 Å². The van der Waals surface area contributed by atoms with Gasteiger partial charge in [0, 0.05) is 57.6 Å². The Hall–Kier alpha value is -4.64. The maximum Gasteiger partial charge on any atom is 0.141 e. The quantitative estimate of drug-likeness (QED) is 0.289. The zero-order chi connectivity index (χ0) is 21.8. The van der Waals surface area contributed by atoms with E-state index in [-0.39, 0.29) is 0 Å². The third-order valence-electron chi connectivity index (χ3n) is 6.00. The van der Waals surface area contributed by atoms with Crippen LogP contribution in [0.15, 0.2) is 112 Å². The van der Waals surface area contributed by atoms with Crippen molar-refractivity contribution in [3.8, 4) is 0 Å². The predicted molar refractivity (Wildman–Crippen MR) is 131 cm³/mol. The Balaban J connectivity index is 1.46. The van der Waals surface area contributed by atoms with E-state index in [1.165, 1.54) is 0 Å². The number of hydrogen-bond donors (Lipinski definition) is 0. The number of benzene rings is 3. The fourth-order valence-corrected chi connectivity index (χ4v) is 4.47. The van der Waals surface area contributed by atoms with Gasteiger partial charge in [0.2, 0.25) is 0 Å². The number of pyridine rings is 2. The summed E-state index contributed by atoms with van der Waals surface area (Å²) in [6, 6.07) is 28.3. The summed E-state index contributed by atoms with van der Waals surface area (Å²) in [7, 11) is 0. The standard InChI is InChI=1S/C28H17N3O2/c1-2-6-18(7-3-1)31(19-10-11-25-21(14-19)22-16-29-13-12-26(22)32-25)28-15-27-23(17-30-28)20-8-4-5-9-24(20)33-27/h1-17H. The summed E-state index contributed by atoms with van der Waals surface area (Å²) in [5.74, 6) is 0.776. The molecule has 0 aliphatic rings. The number of furan rings is 2. The molecule has 0 atom stereocenters. The molecule has 3 aromatic carbocycles. The van der Waals surface area contributed by atoms with Gasteiger partial charge in [-0.2, -0.15) is 0 Å². The average molecular weight is 427 g/mol. The summed E-state index contributed by atoms with van der Waals surface area (Å²) in [4.78, 5) is 11.3. The average Bonchev–Trinajstić information content (AvgIpc) is 3.42. The second-order valence-electron chi connectivity index (χ2n) is 7.96. The molecular weight excluding hydrogens is 410 g/mol. The third-order valence-corrected chi connectivity index (χ3v) is 6.00. The summed E-state index contributed by atoms with van der Waals surface area (Å²) in [6.07, 6.45) is 5.48. The van der Waals surface area contributed by atoms with Crippen molar-refractivity contribution in [2.45, 2.75) is 0 Å². The molecule has 5 heteroatoms. The summed E-state index contributed by atoms with van der Waals surface area (Å²) >= 11 is 0. The molecule has 0 N–H and O–H groups in total. The van der Waals surface area contributed by atoms with E-state index >= 15 is 0 Å². The van der Waals surface area contributed by atoms with Crippen LogP contribution in [0, 0.1) is 0 Å². The molecule has 0 aliphatic carbocycles. The normalized spacial score (nSPS) is 11.6. The summed E-state index contributed by atoms with van der Waals surface area (Å²) < 4.78 is 12.1. The molecule has 4 aromatic heterocycles. The fourth-order valence-electron chi connectivity index (χ4n) is 4.47. The van der Waals surface area contributed by atoms with Crippen LogP contribution < -0.4 is 4.90 Å². The Kier molecular flexibility index (Phi) is 3.78. The molecule has 0 saturated heterocycles. The van der Waals surface area contributed by atoms with Crippen LogP contribution >= 0.6 is 0 Å². The molecule has 0 saturated carbocycles. The minimum absolute atomic E-state index is 0.776. The van der Waals surface area contributed by atoms with Gasteiger partial charge < -0.3 is 8.83 Å². The Bertz CT molecular complexity index is 1780. The van der Waals surface area contributed by atoms with Crippen LogP contribution in [0.3, 0.4) is 0 Å². The highest BCUT2D eigenvalue weighted by molar-refractivity contribution is 6.07. The lowest BCUT2D eigenvalue weighted by atomic mass is 10.1. The first-order valence-electron chi connectivity index (χ1n) is 10.7. The molecule has 0 radical (unpaired) electrons. The molecule has 5 nitrogen and oxygen atoms in total. The number of anilines is 3. The molecule has 156 valence electrons. The van der Waals surface area contributed by atoms with Crippen LogP contribution in [0.5, 0.6) is 0 Å². The number of rotatable bonds is 3. The monoisotopic (exact) mass is 427 g/mol. The van der Waals surface area contributed by atoms with Gasteiger partial charge in [-0.1, -0.05) is 36.4 Å². The van der Waals surface area contributed by atoms with E-state index in [9.17, 15) is 0 Å². The lowest BCUT2D eigenvalue weighted by Crippen LogP contribution is -2.11. The van der Waals surface area contributed by atoms with E-state index in [1.54, 1.807) is 6.20 Å². The van der Waals surface area contributed by atoms with Crippen molar-refractivity contribution in [3.05, 3.63) is 104 Å². The number of nitrogens with zero attached hydrogens (tertiary/aromatic N) is 3. The highest BCUT2D eigenvalue weighted by Crippen LogP contribution is 2.39. The van der Waals surface area contributed by atoms with Crippen molar-refractivity contribution in [3.63, 3.8) is 0 Å². The highest BCUT2D eigenvalue weighted by Gasteiger charge is 2.18. The minimum atomic E-state index is 0.776. The van der Waals surface area contributed by atoms with Gasteiger partial charge in [0.1, 0.15) is 28.1 Å². The third kappa shape index (κ3) is 2.79.